The zero-order valence-electron chi connectivity index (χ0n) is 9.48. The normalized spacial score (nSPS) is 37.3. The largest absolute Gasteiger partial charge is 0.396 e. The van der Waals surface area contributed by atoms with E-state index in [1.165, 1.54) is 19.3 Å². The second-order valence-corrected chi connectivity index (χ2v) is 5.13. The van der Waals surface area contributed by atoms with Crippen molar-refractivity contribution in [3.63, 3.8) is 0 Å². The molecule has 1 aliphatic carbocycles. The van der Waals surface area contributed by atoms with Gasteiger partial charge in [-0.05, 0) is 18.8 Å². The first-order valence-electron chi connectivity index (χ1n) is 6.12. The highest BCUT2D eigenvalue weighted by atomic mass is 16.3. The topological polar surface area (TPSA) is 40.5 Å². The molecule has 0 bridgehead atoms. The summed E-state index contributed by atoms with van der Waals surface area (Å²) in [7, 11) is 0. The van der Waals surface area contributed by atoms with Crippen molar-refractivity contribution in [2.24, 2.45) is 11.8 Å². The molecule has 1 heterocycles. The molecule has 1 N–H and O–H groups in total. The Balaban J connectivity index is 2.00. The van der Waals surface area contributed by atoms with Crippen LogP contribution in [0.1, 0.15) is 39.0 Å². The van der Waals surface area contributed by atoms with Crippen LogP contribution in [-0.2, 0) is 4.79 Å². The predicted octanol–water partition coefficient (Wildman–Crippen LogP) is 1.41. The molecular formula is C12H21NO2. The zero-order valence-corrected chi connectivity index (χ0v) is 9.48. The van der Waals surface area contributed by atoms with Gasteiger partial charge in [-0.2, -0.15) is 0 Å². The molecule has 1 amide bonds. The van der Waals surface area contributed by atoms with Gasteiger partial charge in [-0.15, -0.1) is 0 Å². The molecule has 0 radical (unpaired) electrons. The Morgan fingerprint density at radius 1 is 1.40 bits per heavy atom. The van der Waals surface area contributed by atoms with Crippen molar-refractivity contribution in [1.29, 1.82) is 0 Å². The number of carbonyl (C=O) groups excluding carboxylic acids is 1. The number of rotatable bonds is 2. The maximum Gasteiger partial charge on any atom is 0.223 e. The lowest BCUT2D eigenvalue weighted by atomic mass is 9.85. The summed E-state index contributed by atoms with van der Waals surface area (Å²) in [5.41, 5.74) is 0. The molecule has 1 saturated carbocycles. The van der Waals surface area contributed by atoms with E-state index in [4.69, 9.17) is 5.11 Å². The third-order valence-corrected chi connectivity index (χ3v) is 3.96. The first-order valence-corrected chi connectivity index (χ1v) is 6.12. The first-order chi connectivity index (χ1) is 7.22. The molecule has 0 aromatic rings. The lowest BCUT2D eigenvalue weighted by Gasteiger charge is -2.36. The van der Waals surface area contributed by atoms with Crippen LogP contribution in [0.15, 0.2) is 0 Å². The number of carbonyl (C=O) groups is 1. The molecule has 3 nitrogen and oxygen atoms in total. The zero-order chi connectivity index (χ0) is 10.8. The molecule has 2 aliphatic rings. The van der Waals surface area contributed by atoms with Gasteiger partial charge in [0.15, 0.2) is 0 Å². The highest BCUT2D eigenvalue weighted by Gasteiger charge is 2.36. The van der Waals surface area contributed by atoms with Gasteiger partial charge in [0.1, 0.15) is 0 Å². The van der Waals surface area contributed by atoms with Crippen LogP contribution in [0.5, 0.6) is 0 Å². The summed E-state index contributed by atoms with van der Waals surface area (Å²) in [6, 6.07) is 0.447. The van der Waals surface area contributed by atoms with Gasteiger partial charge in [0.2, 0.25) is 5.91 Å². The summed E-state index contributed by atoms with van der Waals surface area (Å²) in [6.07, 6.45) is 5.52. The fourth-order valence-corrected chi connectivity index (χ4v) is 3.01. The van der Waals surface area contributed by atoms with Gasteiger partial charge in [-0.1, -0.05) is 19.8 Å². The minimum absolute atomic E-state index is 0.156. The molecule has 0 aromatic carbocycles. The lowest BCUT2D eigenvalue weighted by Crippen LogP contribution is -2.42. The maximum atomic E-state index is 11.8. The average Bonchev–Trinajstić information content (AvgIpc) is 2.60. The van der Waals surface area contributed by atoms with Crippen molar-refractivity contribution in [3.8, 4) is 0 Å². The van der Waals surface area contributed by atoms with Crippen LogP contribution in [0.4, 0.5) is 0 Å². The molecule has 2 rings (SSSR count). The molecule has 3 heteroatoms. The smallest absolute Gasteiger partial charge is 0.223 e. The molecule has 0 aromatic heterocycles. The molecule has 15 heavy (non-hydrogen) atoms. The SMILES string of the molecule is CC1CCCCC1N1CC(CO)CC1=O. The van der Waals surface area contributed by atoms with Gasteiger partial charge in [0.25, 0.3) is 0 Å². The van der Waals surface area contributed by atoms with E-state index in [1.807, 2.05) is 4.90 Å². The lowest BCUT2D eigenvalue weighted by molar-refractivity contribution is -0.131. The average molecular weight is 211 g/mol. The fraction of sp³-hybridized carbons (Fsp3) is 0.917. The number of hydrogen-bond acceptors (Lipinski definition) is 2. The van der Waals surface area contributed by atoms with Gasteiger partial charge in [-0.25, -0.2) is 0 Å². The number of nitrogens with zero attached hydrogens (tertiary/aromatic N) is 1. The van der Waals surface area contributed by atoms with Crippen LogP contribution in [0, 0.1) is 11.8 Å². The quantitative estimate of drug-likeness (QED) is 0.750. The van der Waals surface area contributed by atoms with E-state index >= 15 is 0 Å². The van der Waals surface area contributed by atoms with Crippen molar-refractivity contribution >= 4 is 5.91 Å². The van der Waals surface area contributed by atoms with Gasteiger partial charge < -0.3 is 10.0 Å². The molecule has 3 unspecified atom stereocenters. The van der Waals surface area contributed by atoms with Crippen LogP contribution < -0.4 is 0 Å². The molecule has 86 valence electrons. The van der Waals surface area contributed by atoms with Gasteiger partial charge in [-0.3, -0.25) is 4.79 Å². The van der Waals surface area contributed by atoms with E-state index in [0.29, 0.717) is 18.4 Å². The molecule has 1 aliphatic heterocycles. The van der Waals surface area contributed by atoms with Crippen molar-refractivity contribution < 1.29 is 9.90 Å². The molecule has 3 atom stereocenters. The van der Waals surface area contributed by atoms with E-state index in [9.17, 15) is 4.79 Å². The Morgan fingerprint density at radius 2 is 2.13 bits per heavy atom. The Hall–Kier alpha value is -0.570. The number of aliphatic hydroxyl groups is 1. The third-order valence-electron chi connectivity index (χ3n) is 3.96. The molecular weight excluding hydrogens is 190 g/mol. The third kappa shape index (κ3) is 2.17. The Bertz CT molecular complexity index is 242. The van der Waals surface area contributed by atoms with Crippen molar-refractivity contribution in [1.82, 2.24) is 4.90 Å². The Kier molecular flexibility index (Phi) is 3.29. The summed E-state index contributed by atoms with van der Waals surface area (Å²) in [5, 5.41) is 9.09. The number of aliphatic hydroxyl groups excluding tert-OH is 1. The van der Waals surface area contributed by atoms with E-state index in [-0.39, 0.29) is 18.4 Å². The monoisotopic (exact) mass is 211 g/mol. The minimum atomic E-state index is 0.156. The Labute approximate surface area is 91.5 Å². The second kappa shape index (κ2) is 4.52. The van der Waals surface area contributed by atoms with Crippen LogP contribution in [0.3, 0.4) is 0 Å². The number of likely N-dealkylation sites (tertiary alicyclic amines) is 1. The molecule has 0 spiro atoms. The van der Waals surface area contributed by atoms with Crippen LogP contribution >= 0.6 is 0 Å². The highest BCUT2D eigenvalue weighted by molar-refractivity contribution is 5.79. The summed E-state index contributed by atoms with van der Waals surface area (Å²) in [4.78, 5) is 13.8. The summed E-state index contributed by atoms with van der Waals surface area (Å²) in [6.45, 7) is 3.19. The maximum absolute atomic E-state index is 11.8. The second-order valence-electron chi connectivity index (χ2n) is 5.13. The van der Waals surface area contributed by atoms with Crippen molar-refractivity contribution in [2.45, 2.75) is 45.1 Å². The van der Waals surface area contributed by atoms with E-state index in [2.05, 4.69) is 6.92 Å². The standard InChI is InChI=1S/C12H21NO2/c1-9-4-2-3-5-11(9)13-7-10(8-14)6-12(13)15/h9-11,14H,2-8H2,1H3. The van der Waals surface area contributed by atoms with Crippen molar-refractivity contribution in [3.05, 3.63) is 0 Å². The van der Waals surface area contributed by atoms with E-state index in [0.717, 1.165) is 13.0 Å². The van der Waals surface area contributed by atoms with Gasteiger partial charge >= 0.3 is 0 Å². The van der Waals surface area contributed by atoms with Gasteiger partial charge in [0, 0.05) is 31.5 Å². The van der Waals surface area contributed by atoms with Gasteiger partial charge in [0.05, 0.1) is 0 Å². The van der Waals surface area contributed by atoms with E-state index < -0.39 is 0 Å². The summed E-state index contributed by atoms with van der Waals surface area (Å²) >= 11 is 0. The molecule has 2 fully saturated rings. The van der Waals surface area contributed by atoms with Crippen molar-refractivity contribution in [2.75, 3.05) is 13.2 Å². The predicted molar refractivity (Wildman–Crippen MR) is 58.3 cm³/mol. The van der Waals surface area contributed by atoms with Crippen LogP contribution in [0.2, 0.25) is 0 Å². The summed E-state index contributed by atoms with van der Waals surface area (Å²) in [5.74, 6) is 1.08. The van der Waals surface area contributed by atoms with Crippen LogP contribution in [0.25, 0.3) is 0 Å². The van der Waals surface area contributed by atoms with E-state index in [1.54, 1.807) is 0 Å². The number of amides is 1. The highest BCUT2D eigenvalue weighted by Crippen LogP contribution is 2.32. The Morgan fingerprint density at radius 3 is 2.73 bits per heavy atom. The summed E-state index contributed by atoms with van der Waals surface area (Å²) < 4.78 is 0. The van der Waals surface area contributed by atoms with Crippen LogP contribution in [-0.4, -0.2) is 35.1 Å². The minimum Gasteiger partial charge on any atom is -0.396 e. The molecule has 1 saturated heterocycles. The fourth-order valence-electron chi connectivity index (χ4n) is 3.01. The first kappa shape index (κ1) is 10.9. The number of hydrogen-bond donors (Lipinski definition) is 1.